The summed E-state index contributed by atoms with van der Waals surface area (Å²) in [5.74, 6) is 0. The number of aromatic amines is 1. The minimum Gasteiger partial charge on any atom is -0.293 e. The van der Waals surface area contributed by atoms with E-state index in [9.17, 15) is 9.59 Å². The fourth-order valence-corrected chi connectivity index (χ4v) is 3.84. The molecule has 2 aromatic carbocycles. The molecule has 164 valence electrons. The lowest BCUT2D eigenvalue weighted by Gasteiger charge is -2.07. The van der Waals surface area contributed by atoms with Gasteiger partial charge in [0.15, 0.2) is 11.4 Å². The topological polar surface area (TPSA) is 89.4 Å². The van der Waals surface area contributed by atoms with Gasteiger partial charge in [0.2, 0.25) is 0 Å². The first kappa shape index (κ1) is 22.1. The summed E-state index contributed by atoms with van der Waals surface area (Å²) in [6.45, 7) is 3.41. The van der Waals surface area contributed by atoms with Gasteiger partial charge in [-0.25, -0.2) is 9.36 Å². The third-order valence-electron chi connectivity index (χ3n) is 5.02. The molecule has 32 heavy (non-hydrogen) atoms. The molecule has 0 amide bonds. The van der Waals surface area contributed by atoms with Crippen LogP contribution in [0.25, 0.3) is 11.4 Å². The maximum absolute atomic E-state index is 13.0. The van der Waals surface area contributed by atoms with E-state index in [0.29, 0.717) is 37.8 Å². The van der Waals surface area contributed by atoms with E-state index in [1.54, 1.807) is 68.0 Å². The predicted molar refractivity (Wildman–Crippen MR) is 126 cm³/mol. The fraction of sp³-hybridized carbons (Fsp3) is 0.143. The molecule has 0 aliphatic carbocycles. The Kier molecular flexibility index (Phi) is 5.85. The first-order chi connectivity index (χ1) is 15.2. The van der Waals surface area contributed by atoms with Crippen LogP contribution in [0.15, 0.2) is 62.3 Å². The third kappa shape index (κ3) is 3.81. The van der Waals surface area contributed by atoms with Crippen molar-refractivity contribution in [3.63, 3.8) is 0 Å². The zero-order valence-electron chi connectivity index (χ0n) is 17.2. The molecule has 0 fully saturated rings. The van der Waals surface area contributed by atoms with E-state index in [4.69, 9.17) is 34.8 Å². The number of hydrogen-bond donors (Lipinski definition) is 1. The average Bonchev–Trinajstić information content (AvgIpc) is 3.14. The molecule has 0 atom stereocenters. The number of nitrogens with zero attached hydrogens (tertiary/aromatic N) is 5. The summed E-state index contributed by atoms with van der Waals surface area (Å²) < 4.78 is 4.32. The van der Waals surface area contributed by atoms with Gasteiger partial charge in [0.1, 0.15) is 0 Å². The van der Waals surface area contributed by atoms with Gasteiger partial charge in [0.25, 0.3) is 11.1 Å². The van der Waals surface area contributed by atoms with E-state index in [-0.39, 0.29) is 16.9 Å². The SMILES string of the molecule is Cc1[nH]n(-c2cc(Cl)ccc2Cl)c(=O)c1N=Nc1c(C)n(C)n(-c2cccc(Cl)c2)c1=O. The molecule has 4 rings (SSSR count). The fourth-order valence-electron chi connectivity index (χ4n) is 3.29. The van der Waals surface area contributed by atoms with Crippen molar-refractivity contribution in [3.8, 4) is 11.4 Å². The van der Waals surface area contributed by atoms with E-state index in [0.717, 1.165) is 0 Å². The number of nitrogens with one attached hydrogen (secondary N) is 1. The van der Waals surface area contributed by atoms with E-state index in [1.807, 2.05) is 0 Å². The lowest BCUT2D eigenvalue weighted by molar-refractivity contribution is 0.630. The van der Waals surface area contributed by atoms with Gasteiger partial charge < -0.3 is 0 Å². The van der Waals surface area contributed by atoms with Crippen molar-refractivity contribution in [1.82, 2.24) is 19.1 Å². The summed E-state index contributed by atoms with van der Waals surface area (Å²) in [6, 6.07) is 11.7. The molecular formula is C21H17Cl3N6O2. The van der Waals surface area contributed by atoms with Crippen LogP contribution in [-0.4, -0.2) is 19.1 Å². The Labute approximate surface area is 197 Å². The molecule has 0 unspecified atom stereocenters. The Bertz CT molecular complexity index is 1490. The van der Waals surface area contributed by atoms with Crippen molar-refractivity contribution in [2.45, 2.75) is 13.8 Å². The molecule has 0 saturated carbocycles. The Morgan fingerprint density at radius 1 is 0.875 bits per heavy atom. The maximum atomic E-state index is 13.0. The Hall–Kier alpha value is -3.07. The van der Waals surface area contributed by atoms with Crippen molar-refractivity contribution in [2.75, 3.05) is 0 Å². The monoisotopic (exact) mass is 490 g/mol. The van der Waals surface area contributed by atoms with Gasteiger partial charge >= 0.3 is 0 Å². The number of hydrogen-bond acceptors (Lipinski definition) is 4. The van der Waals surface area contributed by atoms with Crippen LogP contribution in [0.3, 0.4) is 0 Å². The predicted octanol–water partition coefficient (Wildman–Crippen LogP) is 5.65. The summed E-state index contributed by atoms with van der Waals surface area (Å²) in [5.41, 5.74) is 1.31. The second-order valence-electron chi connectivity index (χ2n) is 7.08. The molecule has 8 nitrogen and oxygen atoms in total. The van der Waals surface area contributed by atoms with Crippen LogP contribution in [-0.2, 0) is 7.05 Å². The molecule has 0 bridgehead atoms. The second-order valence-corrected chi connectivity index (χ2v) is 8.36. The maximum Gasteiger partial charge on any atom is 0.299 e. The second kappa shape index (κ2) is 8.46. The number of aryl methyl sites for hydroxylation is 1. The van der Waals surface area contributed by atoms with Crippen LogP contribution < -0.4 is 11.1 Å². The van der Waals surface area contributed by atoms with E-state index in [1.165, 1.54) is 9.36 Å². The summed E-state index contributed by atoms with van der Waals surface area (Å²) in [7, 11) is 1.73. The Balaban J connectivity index is 1.79. The van der Waals surface area contributed by atoms with Gasteiger partial charge in [-0.05, 0) is 50.2 Å². The minimum absolute atomic E-state index is 0.0537. The number of rotatable bonds is 4. The smallest absolute Gasteiger partial charge is 0.293 e. The van der Waals surface area contributed by atoms with Crippen molar-refractivity contribution < 1.29 is 0 Å². The quantitative estimate of drug-likeness (QED) is 0.374. The zero-order chi connectivity index (χ0) is 23.2. The molecule has 1 N–H and O–H groups in total. The first-order valence-electron chi connectivity index (χ1n) is 9.42. The molecular weight excluding hydrogens is 475 g/mol. The molecule has 0 aliphatic heterocycles. The molecule has 11 heteroatoms. The highest BCUT2D eigenvalue weighted by atomic mass is 35.5. The Morgan fingerprint density at radius 2 is 1.56 bits per heavy atom. The summed E-state index contributed by atoms with van der Waals surface area (Å²) in [6.07, 6.45) is 0. The highest BCUT2D eigenvalue weighted by Gasteiger charge is 2.18. The normalized spacial score (nSPS) is 11.6. The lowest BCUT2D eigenvalue weighted by atomic mass is 10.3. The molecule has 2 aromatic heterocycles. The number of azo groups is 1. The van der Waals surface area contributed by atoms with Gasteiger partial charge in [-0.3, -0.25) is 19.4 Å². The third-order valence-corrected chi connectivity index (χ3v) is 5.81. The van der Waals surface area contributed by atoms with Crippen molar-refractivity contribution in [1.29, 1.82) is 0 Å². The van der Waals surface area contributed by atoms with Crippen LogP contribution in [0, 0.1) is 13.8 Å². The van der Waals surface area contributed by atoms with Crippen LogP contribution in [0.2, 0.25) is 15.1 Å². The molecule has 0 aliphatic rings. The van der Waals surface area contributed by atoms with Gasteiger partial charge in [-0.1, -0.05) is 40.9 Å². The number of benzene rings is 2. The van der Waals surface area contributed by atoms with Crippen LogP contribution in [0.5, 0.6) is 0 Å². The van der Waals surface area contributed by atoms with E-state index >= 15 is 0 Å². The Morgan fingerprint density at radius 3 is 2.28 bits per heavy atom. The summed E-state index contributed by atoms with van der Waals surface area (Å²) >= 11 is 18.3. The minimum atomic E-state index is -0.473. The molecule has 0 radical (unpaired) electrons. The zero-order valence-corrected chi connectivity index (χ0v) is 19.5. The number of aromatic nitrogens is 4. The van der Waals surface area contributed by atoms with Crippen LogP contribution >= 0.6 is 34.8 Å². The van der Waals surface area contributed by atoms with Gasteiger partial charge in [-0.2, -0.15) is 0 Å². The van der Waals surface area contributed by atoms with Crippen molar-refractivity contribution in [3.05, 3.63) is 89.6 Å². The lowest BCUT2D eigenvalue weighted by Crippen LogP contribution is -2.19. The van der Waals surface area contributed by atoms with E-state index in [2.05, 4.69) is 15.3 Å². The first-order valence-corrected chi connectivity index (χ1v) is 10.6. The van der Waals surface area contributed by atoms with Gasteiger partial charge in [-0.15, -0.1) is 10.2 Å². The molecule has 0 saturated heterocycles. The van der Waals surface area contributed by atoms with Gasteiger partial charge in [0.05, 0.1) is 27.8 Å². The molecule has 4 aromatic rings. The summed E-state index contributed by atoms with van der Waals surface area (Å²) in [4.78, 5) is 26.0. The molecule has 0 spiro atoms. The van der Waals surface area contributed by atoms with Crippen LogP contribution in [0.1, 0.15) is 11.4 Å². The highest BCUT2D eigenvalue weighted by molar-refractivity contribution is 6.34. The standard InChI is InChI=1S/C21H17Cl3N6O2/c1-11-18(20(31)29(27-11)17-10-14(23)7-8-16(17)24)25-26-19-12(2)28(3)30(21(19)32)15-6-4-5-13(22)9-15/h4-10,27H,1-3H3. The van der Waals surface area contributed by atoms with Crippen molar-refractivity contribution in [2.24, 2.45) is 17.3 Å². The van der Waals surface area contributed by atoms with Crippen LogP contribution in [0.4, 0.5) is 11.4 Å². The largest absolute Gasteiger partial charge is 0.299 e. The number of halogens is 3. The highest BCUT2D eigenvalue weighted by Crippen LogP contribution is 2.25. The summed E-state index contributed by atoms with van der Waals surface area (Å²) in [5, 5.41) is 12.4. The average molecular weight is 492 g/mol. The molecule has 2 heterocycles. The van der Waals surface area contributed by atoms with Gasteiger partial charge in [0, 0.05) is 17.1 Å². The number of H-pyrrole nitrogens is 1. The van der Waals surface area contributed by atoms with Crippen molar-refractivity contribution >= 4 is 46.2 Å². The van der Waals surface area contributed by atoms with E-state index < -0.39 is 5.56 Å².